The van der Waals surface area contributed by atoms with E-state index in [0.29, 0.717) is 11.8 Å². The van der Waals surface area contributed by atoms with E-state index in [0.717, 1.165) is 56.9 Å². The van der Waals surface area contributed by atoms with Gasteiger partial charge in [0, 0.05) is 0 Å². The topological polar surface area (TPSA) is 33.0 Å². The number of hydrogen-bond donors (Lipinski definition) is 0. The zero-order valence-electron chi connectivity index (χ0n) is 15.7. The number of nitriles is 1. The number of rotatable bonds is 8. The van der Waals surface area contributed by atoms with Crippen molar-refractivity contribution in [1.82, 2.24) is 0 Å². The fraction of sp³-hybridized carbons (Fsp3) is 0.500. The van der Waals surface area contributed by atoms with Crippen LogP contribution in [0.4, 0.5) is 17.6 Å². The van der Waals surface area contributed by atoms with Crippen LogP contribution in [0.15, 0.2) is 48.3 Å². The van der Waals surface area contributed by atoms with Gasteiger partial charge in [-0.2, -0.15) is 9.65 Å². The van der Waals surface area contributed by atoms with E-state index >= 15 is 0 Å². The van der Waals surface area contributed by atoms with Crippen LogP contribution >= 0.6 is 0 Å². The van der Waals surface area contributed by atoms with Crippen molar-refractivity contribution in [2.75, 3.05) is 0 Å². The third kappa shape index (κ3) is 8.60. The fourth-order valence-electron chi connectivity index (χ4n) is 3.62. The molecule has 0 heterocycles. The molecule has 0 saturated heterocycles. The maximum atomic E-state index is 12.7. The van der Waals surface area contributed by atoms with Gasteiger partial charge in [-0.15, -0.1) is 13.2 Å². The third-order valence-corrected chi connectivity index (χ3v) is 5.11. The van der Waals surface area contributed by atoms with Gasteiger partial charge in [0.15, 0.2) is 5.83 Å². The molecule has 0 aromatic heterocycles. The predicted octanol–water partition coefficient (Wildman–Crippen LogP) is 7.04. The van der Waals surface area contributed by atoms with Gasteiger partial charge >= 0.3 is 6.36 Å². The highest BCUT2D eigenvalue weighted by Crippen LogP contribution is 2.32. The number of halogens is 4. The lowest BCUT2D eigenvalue weighted by Crippen LogP contribution is -2.17. The van der Waals surface area contributed by atoms with Crippen LogP contribution in [0.2, 0.25) is 0 Å². The van der Waals surface area contributed by atoms with Crippen LogP contribution in [-0.4, -0.2) is 6.36 Å². The normalized spacial score (nSPS) is 20.9. The van der Waals surface area contributed by atoms with Crippen molar-refractivity contribution in [3.63, 3.8) is 0 Å². The summed E-state index contributed by atoms with van der Waals surface area (Å²) in [6, 6.07) is 7.53. The molecule has 2 rings (SSSR count). The SMILES string of the molecule is N#C/C(F)=C/C=C/C1CCC(CCCCc2ccc(OC(F)(F)F)cc2)CC1. The second-order valence-electron chi connectivity index (χ2n) is 7.23. The molecule has 1 aliphatic carbocycles. The molecule has 0 N–H and O–H groups in total. The molecule has 1 aromatic carbocycles. The summed E-state index contributed by atoms with van der Waals surface area (Å²) in [6.45, 7) is 0. The molecule has 1 aliphatic rings. The first-order valence-corrected chi connectivity index (χ1v) is 9.64. The molecule has 0 amide bonds. The molecule has 1 aromatic rings. The summed E-state index contributed by atoms with van der Waals surface area (Å²) < 4.78 is 53.0. The van der Waals surface area contributed by atoms with Crippen molar-refractivity contribution in [2.24, 2.45) is 11.8 Å². The van der Waals surface area contributed by atoms with Crippen LogP contribution < -0.4 is 4.74 Å². The van der Waals surface area contributed by atoms with Crippen molar-refractivity contribution in [3.8, 4) is 11.8 Å². The van der Waals surface area contributed by atoms with Crippen molar-refractivity contribution in [1.29, 1.82) is 5.26 Å². The molecule has 0 radical (unpaired) electrons. The van der Waals surface area contributed by atoms with E-state index in [2.05, 4.69) is 4.74 Å². The molecule has 0 spiro atoms. The lowest BCUT2D eigenvalue weighted by Gasteiger charge is -2.26. The molecule has 6 heteroatoms. The highest BCUT2D eigenvalue weighted by Gasteiger charge is 2.30. The van der Waals surface area contributed by atoms with Crippen LogP contribution in [0, 0.1) is 23.2 Å². The van der Waals surface area contributed by atoms with E-state index in [1.54, 1.807) is 18.2 Å². The quantitative estimate of drug-likeness (QED) is 0.205. The van der Waals surface area contributed by atoms with Crippen LogP contribution in [0.25, 0.3) is 0 Å². The Hall–Kier alpha value is -2.29. The van der Waals surface area contributed by atoms with Crippen LogP contribution in [0.5, 0.6) is 5.75 Å². The van der Waals surface area contributed by atoms with Gasteiger partial charge in [0.1, 0.15) is 11.8 Å². The molecule has 28 heavy (non-hydrogen) atoms. The summed E-state index contributed by atoms with van der Waals surface area (Å²) in [5, 5.41) is 8.36. The number of ether oxygens (including phenoxy) is 1. The minimum absolute atomic E-state index is 0.187. The second-order valence-corrected chi connectivity index (χ2v) is 7.23. The number of alkyl halides is 3. The molecule has 1 fully saturated rings. The lowest BCUT2D eigenvalue weighted by atomic mass is 9.79. The third-order valence-electron chi connectivity index (χ3n) is 5.11. The Morgan fingerprint density at radius 1 is 1.11 bits per heavy atom. The first-order chi connectivity index (χ1) is 13.4. The number of allylic oxidation sites excluding steroid dienone is 4. The molecule has 2 nitrogen and oxygen atoms in total. The Bertz CT molecular complexity index is 693. The largest absolute Gasteiger partial charge is 0.573 e. The van der Waals surface area contributed by atoms with Crippen molar-refractivity contribution < 1.29 is 22.3 Å². The van der Waals surface area contributed by atoms with E-state index in [1.165, 1.54) is 24.3 Å². The van der Waals surface area contributed by atoms with Gasteiger partial charge in [-0.1, -0.05) is 37.1 Å². The van der Waals surface area contributed by atoms with Crippen LogP contribution in [0.1, 0.15) is 50.5 Å². The van der Waals surface area contributed by atoms with Gasteiger partial charge in [-0.05, 0) is 74.1 Å². The lowest BCUT2D eigenvalue weighted by molar-refractivity contribution is -0.274. The van der Waals surface area contributed by atoms with E-state index in [-0.39, 0.29) is 5.75 Å². The van der Waals surface area contributed by atoms with Crippen molar-refractivity contribution >= 4 is 0 Å². The van der Waals surface area contributed by atoms with Gasteiger partial charge in [0.25, 0.3) is 0 Å². The highest BCUT2D eigenvalue weighted by atomic mass is 19.4. The monoisotopic (exact) mass is 395 g/mol. The van der Waals surface area contributed by atoms with Gasteiger partial charge < -0.3 is 4.74 Å². The number of nitrogens with zero attached hydrogens (tertiary/aromatic N) is 1. The molecular weight excluding hydrogens is 370 g/mol. The molecular formula is C22H25F4NO. The second kappa shape index (κ2) is 10.9. The van der Waals surface area contributed by atoms with Crippen LogP contribution in [0.3, 0.4) is 0 Å². The van der Waals surface area contributed by atoms with Gasteiger partial charge in [-0.3, -0.25) is 0 Å². The van der Waals surface area contributed by atoms with E-state index in [4.69, 9.17) is 5.26 Å². The summed E-state index contributed by atoms with van der Waals surface area (Å²) in [5.41, 5.74) is 1.01. The Morgan fingerprint density at radius 3 is 2.39 bits per heavy atom. The maximum absolute atomic E-state index is 12.7. The predicted molar refractivity (Wildman–Crippen MR) is 100 cm³/mol. The Morgan fingerprint density at radius 2 is 1.79 bits per heavy atom. The molecule has 1 saturated carbocycles. The minimum atomic E-state index is -4.65. The molecule has 0 bridgehead atoms. The summed E-state index contributed by atoms with van der Waals surface area (Å²) >= 11 is 0. The average Bonchev–Trinajstić information content (AvgIpc) is 2.66. The standard InChI is InChI=1S/C22H25F4NO/c23-20(16-27)7-3-6-19-10-8-17(9-11-19)4-1-2-5-18-12-14-21(15-13-18)28-22(24,25)26/h3,6-7,12-15,17,19H,1-2,4-5,8-11H2/b6-3+,20-7-. The first-order valence-electron chi connectivity index (χ1n) is 9.64. The fourth-order valence-corrected chi connectivity index (χ4v) is 3.62. The Labute approximate surface area is 163 Å². The smallest absolute Gasteiger partial charge is 0.406 e. The molecule has 152 valence electrons. The first kappa shape index (κ1) is 22.0. The Kier molecular flexibility index (Phi) is 8.56. The van der Waals surface area contributed by atoms with Gasteiger partial charge in [0.2, 0.25) is 0 Å². The number of benzene rings is 1. The average molecular weight is 395 g/mol. The molecule has 0 atom stereocenters. The maximum Gasteiger partial charge on any atom is 0.573 e. The van der Waals surface area contributed by atoms with E-state index in [9.17, 15) is 17.6 Å². The summed E-state index contributed by atoms with van der Waals surface area (Å²) in [4.78, 5) is 0. The van der Waals surface area contributed by atoms with Gasteiger partial charge in [0.05, 0.1) is 0 Å². The van der Waals surface area contributed by atoms with Crippen molar-refractivity contribution in [3.05, 3.63) is 53.9 Å². The van der Waals surface area contributed by atoms with Gasteiger partial charge in [-0.25, -0.2) is 0 Å². The molecule has 0 aliphatic heterocycles. The summed E-state index contributed by atoms with van der Waals surface area (Å²) in [7, 11) is 0. The van der Waals surface area contributed by atoms with E-state index in [1.807, 2.05) is 6.08 Å². The minimum Gasteiger partial charge on any atom is -0.406 e. The number of unbranched alkanes of at least 4 members (excludes halogenated alkanes) is 1. The Balaban J connectivity index is 1.61. The van der Waals surface area contributed by atoms with Crippen molar-refractivity contribution in [2.45, 2.75) is 57.7 Å². The molecule has 0 unspecified atom stereocenters. The highest BCUT2D eigenvalue weighted by molar-refractivity contribution is 5.27. The summed E-state index contributed by atoms with van der Waals surface area (Å²) in [6.07, 6.45) is 8.77. The van der Waals surface area contributed by atoms with E-state index < -0.39 is 12.2 Å². The summed E-state index contributed by atoms with van der Waals surface area (Å²) in [5.74, 6) is 0.204. The number of hydrogen-bond acceptors (Lipinski definition) is 2. The van der Waals surface area contributed by atoms with Crippen LogP contribution in [-0.2, 0) is 6.42 Å². The zero-order valence-corrected chi connectivity index (χ0v) is 15.7. The number of aryl methyl sites for hydroxylation is 1. The zero-order chi connectivity index (χ0) is 20.4.